The van der Waals surface area contributed by atoms with Gasteiger partial charge in [0, 0.05) is 24.8 Å². The van der Waals surface area contributed by atoms with E-state index in [1.54, 1.807) is 6.20 Å². The van der Waals surface area contributed by atoms with Crippen molar-refractivity contribution in [3.63, 3.8) is 0 Å². The van der Waals surface area contributed by atoms with Crippen molar-refractivity contribution >= 4 is 17.1 Å². The molecule has 2 aromatic rings. The molecule has 0 bridgehead atoms. The molecule has 2 aromatic heterocycles. The highest BCUT2D eigenvalue weighted by Crippen LogP contribution is 2.30. The lowest BCUT2D eigenvalue weighted by Gasteiger charge is -2.20. The number of aromatic nitrogens is 3. The molecule has 90 valence electrons. The Morgan fingerprint density at radius 1 is 1.59 bits per heavy atom. The van der Waals surface area contributed by atoms with E-state index in [9.17, 15) is 0 Å². The zero-order valence-corrected chi connectivity index (χ0v) is 9.84. The van der Waals surface area contributed by atoms with Crippen LogP contribution in [-0.4, -0.2) is 27.7 Å². The van der Waals surface area contributed by atoms with E-state index in [1.165, 1.54) is 0 Å². The Morgan fingerprint density at radius 3 is 3.24 bits per heavy atom. The van der Waals surface area contributed by atoms with E-state index >= 15 is 0 Å². The van der Waals surface area contributed by atoms with Crippen LogP contribution in [0.5, 0.6) is 0 Å². The molecule has 0 aliphatic carbocycles. The second-order valence-corrected chi connectivity index (χ2v) is 4.55. The van der Waals surface area contributed by atoms with E-state index in [0.717, 1.165) is 30.8 Å². The van der Waals surface area contributed by atoms with E-state index < -0.39 is 0 Å². The van der Waals surface area contributed by atoms with Gasteiger partial charge in [0.05, 0.1) is 6.61 Å². The fourth-order valence-electron chi connectivity index (χ4n) is 2.49. The van der Waals surface area contributed by atoms with Crippen LogP contribution >= 0.6 is 0 Å². The SMILES string of the molecule is CC(C1CCOC1)n1c(N)nc2cccnc21. The summed E-state index contributed by atoms with van der Waals surface area (Å²) < 4.78 is 7.46. The Kier molecular flexibility index (Phi) is 2.48. The minimum Gasteiger partial charge on any atom is -0.381 e. The predicted octanol–water partition coefficient (Wildman–Crippen LogP) is 1.61. The van der Waals surface area contributed by atoms with Gasteiger partial charge < -0.3 is 10.5 Å². The molecule has 0 aromatic carbocycles. The maximum absolute atomic E-state index is 5.99. The minimum atomic E-state index is 0.275. The lowest BCUT2D eigenvalue weighted by atomic mass is 10.0. The van der Waals surface area contributed by atoms with Gasteiger partial charge in [0.2, 0.25) is 5.95 Å². The first kappa shape index (κ1) is 10.5. The first-order valence-electron chi connectivity index (χ1n) is 5.93. The molecule has 2 atom stereocenters. The third-order valence-electron chi connectivity index (χ3n) is 3.53. The van der Waals surface area contributed by atoms with Crippen molar-refractivity contribution in [1.82, 2.24) is 14.5 Å². The van der Waals surface area contributed by atoms with E-state index in [1.807, 2.05) is 16.7 Å². The zero-order chi connectivity index (χ0) is 11.8. The van der Waals surface area contributed by atoms with Crippen LogP contribution < -0.4 is 5.73 Å². The number of hydrogen-bond acceptors (Lipinski definition) is 4. The summed E-state index contributed by atoms with van der Waals surface area (Å²) in [5, 5.41) is 0. The number of hydrogen-bond donors (Lipinski definition) is 1. The number of nitrogens with two attached hydrogens (primary N) is 1. The molecular weight excluding hydrogens is 216 g/mol. The minimum absolute atomic E-state index is 0.275. The molecule has 1 aliphatic rings. The van der Waals surface area contributed by atoms with Gasteiger partial charge in [-0.15, -0.1) is 0 Å². The first-order chi connectivity index (χ1) is 8.27. The Labute approximate surface area is 99.6 Å². The Balaban J connectivity index is 2.06. The van der Waals surface area contributed by atoms with Crippen molar-refractivity contribution in [3.05, 3.63) is 18.3 Å². The van der Waals surface area contributed by atoms with Crippen molar-refractivity contribution in [1.29, 1.82) is 0 Å². The van der Waals surface area contributed by atoms with Crippen molar-refractivity contribution < 1.29 is 4.74 Å². The second-order valence-electron chi connectivity index (χ2n) is 4.55. The molecule has 17 heavy (non-hydrogen) atoms. The van der Waals surface area contributed by atoms with Crippen LogP contribution in [0.2, 0.25) is 0 Å². The van der Waals surface area contributed by atoms with Gasteiger partial charge in [0.25, 0.3) is 0 Å². The maximum Gasteiger partial charge on any atom is 0.202 e. The average Bonchev–Trinajstić information content (AvgIpc) is 2.94. The Hall–Kier alpha value is -1.62. The van der Waals surface area contributed by atoms with Crippen molar-refractivity contribution in [2.75, 3.05) is 18.9 Å². The summed E-state index contributed by atoms with van der Waals surface area (Å²) in [5.41, 5.74) is 7.72. The fraction of sp³-hybridized carbons (Fsp3) is 0.500. The normalized spacial score (nSPS) is 22.1. The Morgan fingerprint density at radius 2 is 2.47 bits per heavy atom. The van der Waals surface area contributed by atoms with Gasteiger partial charge in [0.15, 0.2) is 5.65 Å². The highest BCUT2D eigenvalue weighted by atomic mass is 16.5. The predicted molar refractivity (Wildman–Crippen MR) is 65.6 cm³/mol. The molecule has 0 spiro atoms. The van der Waals surface area contributed by atoms with Gasteiger partial charge >= 0.3 is 0 Å². The molecule has 3 rings (SSSR count). The van der Waals surface area contributed by atoms with Gasteiger partial charge in [-0.3, -0.25) is 4.57 Å². The highest BCUT2D eigenvalue weighted by Gasteiger charge is 2.26. The summed E-state index contributed by atoms with van der Waals surface area (Å²) in [5.74, 6) is 1.04. The molecule has 1 fully saturated rings. The van der Waals surface area contributed by atoms with Crippen molar-refractivity contribution in [2.45, 2.75) is 19.4 Å². The zero-order valence-electron chi connectivity index (χ0n) is 9.84. The molecule has 5 heteroatoms. The Bertz CT molecular complexity index is 530. The first-order valence-corrected chi connectivity index (χ1v) is 5.93. The smallest absolute Gasteiger partial charge is 0.202 e. The second kappa shape index (κ2) is 4.00. The van der Waals surface area contributed by atoms with Gasteiger partial charge in [-0.2, -0.15) is 0 Å². The highest BCUT2D eigenvalue weighted by molar-refractivity contribution is 5.73. The number of nitrogens with zero attached hydrogens (tertiary/aromatic N) is 3. The number of pyridine rings is 1. The number of rotatable bonds is 2. The molecule has 2 N–H and O–H groups in total. The van der Waals surface area contributed by atoms with Gasteiger partial charge in [-0.25, -0.2) is 9.97 Å². The third-order valence-corrected chi connectivity index (χ3v) is 3.53. The van der Waals surface area contributed by atoms with Crippen LogP contribution in [0.1, 0.15) is 19.4 Å². The fourth-order valence-corrected chi connectivity index (χ4v) is 2.49. The van der Waals surface area contributed by atoms with E-state index in [2.05, 4.69) is 16.9 Å². The summed E-state index contributed by atoms with van der Waals surface area (Å²) in [7, 11) is 0. The van der Waals surface area contributed by atoms with Crippen LogP contribution in [0.3, 0.4) is 0 Å². The number of imidazole rings is 1. The molecule has 0 saturated carbocycles. The number of nitrogen functional groups attached to an aromatic ring is 1. The largest absolute Gasteiger partial charge is 0.381 e. The summed E-state index contributed by atoms with van der Waals surface area (Å²) >= 11 is 0. The maximum atomic E-state index is 5.99. The molecule has 0 radical (unpaired) electrons. The van der Waals surface area contributed by atoms with Crippen molar-refractivity contribution in [3.8, 4) is 0 Å². The third kappa shape index (κ3) is 1.67. The van der Waals surface area contributed by atoms with Gasteiger partial charge in [0.1, 0.15) is 5.52 Å². The summed E-state index contributed by atoms with van der Waals surface area (Å²) in [6.45, 7) is 3.80. The van der Waals surface area contributed by atoms with Crippen molar-refractivity contribution in [2.24, 2.45) is 5.92 Å². The van der Waals surface area contributed by atoms with Crippen LogP contribution in [-0.2, 0) is 4.74 Å². The van der Waals surface area contributed by atoms with Gasteiger partial charge in [-0.1, -0.05) is 0 Å². The summed E-state index contributed by atoms with van der Waals surface area (Å²) in [4.78, 5) is 8.72. The summed E-state index contributed by atoms with van der Waals surface area (Å²) in [6, 6.07) is 4.09. The van der Waals surface area contributed by atoms with Gasteiger partial charge in [-0.05, 0) is 25.5 Å². The van der Waals surface area contributed by atoms with E-state index in [-0.39, 0.29) is 6.04 Å². The lowest BCUT2D eigenvalue weighted by Crippen LogP contribution is -2.18. The molecule has 1 saturated heterocycles. The molecule has 0 amide bonds. The van der Waals surface area contributed by atoms with Crippen LogP contribution in [0, 0.1) is 5.92 Å². The molecule has 5 nitrogen and oxygen atoms in total. The molecule has 2 unspecified atom stereocenters. The lowest BCUT2D eigenvalue weighted by molar-refractivity contribution is 0.176. The average molecular weight is 232 g/mol. The topological polar surface area (TPSA) is 66.0 Å². The van der Waals surface area contributed by atoms with Crippen LogP contribution in [0.4, 0.5) is 5.95 Å². The number of anilines is 1. The monoisotopic (exact) mass is 232 g/mol. The van der Waals surface area contributed by atoms with E-state index in [4.69, 9.17) is 10.5 Å². The number of fused-ring (bicyclic) bond motifs is 1. The number of ether oxygens (including phenoxy) is 1. The van der Waals surface area contributed by atoms with Crippen LogP contribution in [0.25, 0.3) is 11.2 Å². The molecular formula is C12H16N4O. The molecule has 3 heterocycles. The summed E-state index contributed by atoms with van der Waals surface area (Å²) in [6.07, 6.45) is 2.85. The molecule has 1 aliphatic heterocycles. The quantitative estimate of drug-likeness (QED) is 0.854. The van der Waals surface area contributed by atoms with E-state index in [0.29, 0.717) is 11.9 Å². The van der Waals surface area contributed by atoms with Crippen LogP contribution in [0.15, 0.2) is 18.3 Å². The standard InChI is InChI=1S/C12H16N4O/c1-8(9-4-6-17-7-9)16-11-10(15-12(16)13)3-2-5-14-11/h2-3,5,8-9H,4,6-7H2,1H3,(H2,13,15).